The molecule has 8 heteroatoms. The second kappa shape index (κ2) is 7.62. The number of benzene rings is 1. The standard InChI is InChI=1S/C25H25N5O3/c1-15-7-9-17(13-19(15)22-26-14-18-6-5-11-29(18)28-22)27-23(31)21-12-16-8-10-20(16)30(21)24(32)33-25(2,3)4/h5-7,9,11,13-14,16,20-21H,12H2,1-4H3,(H,27,31)/t16-,20-,21-/m0/s1. The van der Waals surface area contributed by atoms with Gasteiger partial charge < -0.3 is 10.1 Å². The molecule has 1 fully saturated rings. The van der Waals surface area contributed by atoms with Gasteiger partial charge in [-0.15, -0.1) is 5.10 Å². The number of ether oxygens (including phenoxy) is 1. The number of likely N-dealkylation sites (tertiary alicyclic amines) is 1. The minimum atomic E-state index is -0.658. The minimum Gasteiger partial charge on any atom is -0.444 e. The number of anilines is 1. The third kappa shape index (κ3) is 3.91. The Morgan fingerprint density at radius 1 is 1.21 bits per heavy atom. The topological polar surface area (TPSA) is 88.8 Å². The first kappa shape index (κ1) is 21.0. The Hall–Kier alpha value is -3.86. The SMILES string of the molecule is Cc1ccc(NC(=O)[C@@H]2C[C@@H]3C#C[C@@H]3N2C(=O)OC(C)(C)C)cc1-c1ncc2cccn2n1. The van der Waals surface area contributed by atoms with E-state index in [0.717, 1.165) is 16.6 Å². The fourth-order valence-electron chi connectivity index (χ4n) is 4.19. The Bertz CT molecular complexity index is 1330. The van der Waals surface area contributed by atoms with Crippen LogP contribution in [0.3, 0.4) is 0 Å². The summed E-state index contributed by atoms with van der Waals surface area (Å²) in [5.41, 5.74) is 2.67. The van der Waals surface area contributed by atoms with Crippen LogP contribution >= 0.6 is 0 Å². The Morgan fingerprint density at radius 2 is 2.03 bits per heavy atom. The quantitative estimate of drug-likeness (QED) is 0.624. The molecule has 8 nitrogen and oxygen atoms in total. The number of carbonyl (C=O) groups excluding carboxylic acids is 2. The van der Waals surface area contributed by atoms with Gasteiger partial charge >= 0.3 is 6.09 Å². The molecule has 2 amide bonds. The number of hydrogen-bond donors (Lipinski definition) is 1. The zero-order valence-corrected chi connectivity index (χ0v) is 19.0. The lowest BCUT2D eigenvalue weighted by Gasteiger charge is -2.31. The predicted octanol–water partition coefficient (Wildman–Crippen LogP) is 3.65. The molecule has 1 saturated heterocycles. The second-order valence-electron chi connectivity index (χ2n) is 9.46. The van der Waals surface area contributed by atoms with Crippen LogP contribution < -0.4 is 5.32 Å². The van der Waals surface area contributed by atoms with E-state index in [0.29, 0.717) is 17.9 Å². The molecule has 1 aliphatic heterocycles. The zero-order valence-electron chi connectivity index (χ0n) is 19.0. The van der Waals surface area contributed by atoms with Gasteiger partial charge in [-0.3, -0.25) is 9.69 Å². The number of aryl methyl sites for hydroxylation is 1. The summed E-state index contributed by atoms with van der Waals surface area (Å²) >= 11 is 0. The third-order valence-corrected chi connectivity index (χ3v) is 5.84. The molecular formula is C25H25N5O3. The molecule has 0 spiro atoms. The maximum absolute atomic E-state index is 13.2. The highest BCUT2D eigenvalue weighted by molar-refractivity contribution is 5.98. The molecule has 1 N–H and O–H groups in total. The number of rotatable bonds is 3. The van der Waals surface area contributed by atoms with Crippen molar-refractivity contribution in [3.8, 4) is 23.2 Å². The van der Waals surface area contributed by atoms with Crippen LogP contribution in [0.4, 0.5) is 10.5 Å². The van der Waals surface area contributed by atoms with Crippen molar-refractivity contribution in [3.63, 3.8) is 0 Å². The van der Waals surface area contributed by atoms with Crippen molar-refractivity contribution in [2.45, 2.75) is 51.8 Å². The Balaban J connectivity index is 1.38. The molecule has 1 aliphatic carbocycles. The van der Waals surface area contributed by atoms with E-state index in [1.54, 1.807) is 31.5 Å². The third-order valence-electron chi connectivity index (χ3n) is 5.84. The smallest absolute Gasteiger partial charge is 0.412 e. The van der Waals surface area contributed by atoms with E-state index in [9.17, 15) is 9.59 Å². The number of nitrogens with zero attached hydrogens (tertiary/aromatic N) is 4. The van der Waals surface area contributed by atoms with Crippen molar-refractivity contribution in [3.05, 3.63) is 48.3 Å². The van der Waals surface area contributed by atoms with E-state index in [2.05, 4.69) is 27.2 Å². The molecule has 3 aromatic rings. The first-order valence-electron chi connectivity index (χ1n) is 10.9. The van der Waals surface area contributed by atoms with Crippen molar-refractivity contribution < 1.29 is 14.3 Å². The minimum absolute atomic E-state index is 0.00328. The predicted molar refractivity (Wildman–Crippen MR) is 123 cm³/mol. The summed E-state index contributed by atoms with van der Waals surface area (Å²) in [6.45, 7) is 7.39. The Kier molecular flexibility index (Phi) is 4.85. The molecule has 33 heavy (non-hydrogen) atoms. The van der Waals surface area contributed by atoms with Crippen molar-refractivity contribution in [1.82, 2.24) is 19.5 Å². The number of amides is 2. The van der Waals surface area contributed by atoms with E-state index >= 15 is 0 Å². The lowest BCUT2D eigenvalue weighted by molar-refractivity contribution is -0.120. The molecule has 3 heterocycles. The number of fused-ring (bicyclic) bond motifs is 2. The summed E-state index contributed by atoms with van der Waals surface area (Å²) in [5, 5.41) is 7.53. The summed E-state index contributed by atoms with van der Waals surface area (Å²) in [6.07, 6.45) is 3.61. The second-order valence-corrected chi connectivity index (χ2v) is 9.46. The van der Waals surface area contributed by atoms with Crippen molar-refractivity contribution in [1.29, 1.82) is 0 Å². The highest BCUT2D eigenvalue weighted by atomic mass is 16.6. The highest BCUT2D eigenvalue weighted by Gasteiger charge is 2.50. The Morgan fingerprint density at radius 3 is 2.76 bits per heavy atom. The number of aromatic nitrogens is 3. The van der Waals surface area contributed by atoms with Gasteiger partial charge in [-0.1, -0.05) is 17.9 Å². The van der Waals surface area contributed by atoms with E-state index in [1.165, 1.54) is 4.90 Å². The van der Waals surface area contributed by atoms with Gasteiger partial charge in [0.05, 0.1) is 17.6 Å². The highest BCUT2D eigenvalue weighted by Crippen LogP contribution is 2.36. The van der Waals surface area contributed by atoms with E-state index in [-0.39, 0.29) is 17.9 Å². The average molecular weight is 444 g/mol. The molecule has 5 rings (SSSR count). The average Bonchev–Trinajstić information content (AvgIpc) is 3.29. The van der Waals surface area contributed by atoms with Crippen molar-refractivity contribution in [2.24, 2.45) is 5.92 Å². The molecule has 2 aromatic heterocycles. The van der Waals surface area contributed by atoms with E-state index in [4.69, 9.17) is 4.74 Å². The summed E-state index contributed by atoms with van der Waals surface area (Å²) in [7, 11) is 0. The van der Waals surface area contributed by atoms with Crippen LogP contribution in [0.25, 0.3) is 16.9 Å². The summed E-state index contributed by atoms with van der Waals surface area (Å²) in [6, 6.07) is 8.52. The largest absolute Gasteiger partial charge is 0.444 e. The van der Waals surface area contributed by atoms with Gasteiger partial charge in [0, 0.05) is 17.4 Å². The fraction of sp³-hybridized carbons (Fsp3) is 0.360. The Labute approximate surface area is 191 Å². The zero-order chi connectivity index (χ0) is 23.3. The molecule has 3 atom stereocenters. The van der Waals surface area contributed by atoms with Crippen LogP contribution in [0, 0.1) is 24.7 Å². The van der Waals surface area contributed by atoms with Crippen LogP contribution in [0.5, 0.6) is 0 Å². The molecule has 0 bridgehead atoms. The summed E-state index contributed by atoms with van der Waals surface area (Å²) in [4.78, 5) is 32.0. The van der Waals surface area contributed by atoms with E-state index in [1.807, 2.05) is 43.5 Å². The van der Waals surface area contributed by atoms with Crippen LogP contribution in [-0.4, -0.2) is 49.2 Å². The van der Waals surface area contributed by atoms with Crippen LogP contribution in [0.15, 0.2) is 42.7 Å². The van der Waals surface area contributed by atoms with Crippen molar-refractivity contribution in [2.75, 3.05) is 5.32 Å². The van der Waals surface area contributed by atoms with Crippen LogP contribution in [0.1, 0.15) is 32.8 Å². The molecule has 2 aliphatic rings. The molecule has 0 radical (unpaired) electrons. The first-order valence-corrected chi connectivity index (χ1v) is 10.9. The molecule has 0 saturated carbocycles. The lowest BCUT2D eigenvalue weighted by Crippen LogP contribution is -2.49. The number of nitrogens with one attached hydrogen (secondary N) is 1. The van der Waals surface area contributed by atoms with Crippen LogP contribution in [0.2, 0.25) is 0 Å². The summed E-state index contributed by atoms with van der Waals surface area (Å²) < 4.78 is 7.31. The fourth-order valence-corrected chi connectivity index (χ4v) is 4.19. The van der Waals surface area contributed by atoms with Gasteiger partial charge in [0.2, 0.25) is 5.91 Å². The molecule has 168 valence electrons. The number of hydrogen-bond acceptors (Lipinski definition) is 5. The van der Waals surface area contributed by atoms with Gasteiger partial charge in [0.1, 0.15) is 17.7 Å². The first-order chi connectivity index (χ1) is 15.7. The van der Waals surface area contributed by atoms with Gasteiger partial charge in [-0.05, 0) is 63.9 Å². The van der Waals surface area contributed by atoms with E-state index < -0.39 is 17.7 Å². The van der Waals surface area contributed by atoms with Gasteiger partial charge in [0.25, 0.3) is 0 Å². The molecule has 0 unspecified atom stereocenters. The van der Waals surface area contributed by atoms with Gasteiger partial charge in [-0.2, -0.15) is 0 Å². The van der Waals surface area contributed by atoms with Gasteiger partial charge in [-0.25, -0.2) is 14.3 Å². The lowest BCUT2D eigenvalue weighted by atomic mass is 9.92. The van der Waals surface area contributed by atoms with Gasteiger partial charge in [0.15, 0.2) is 5.82 Å². The number of carbonyl (C=O) groups is 2. The van der Waals surface area contributed by atoms with Crippen LogP contribution in [-0.2, 0) is 9.53 Å². The molecular weight excluding hydrogens is 418 g/mol. The molecule has 1 aromatic carbocycles. The van der Waals surface area contributed by atoms with Crippen molar-refractivity contribution >= 4 is 23.2 Å². The summed E-state index contributed by atoms with van der Waals surface area (Å²) in [5.74, 6) is 6.36. The monoisotopic (exact) mass is 443 g/mol. The maximum atomic E-state index is 13.2. The maximum Gasteiger partial charge on any atom is 0.412 e. The normalized spacial score (nSPS) is 21.1.